The summed E-state index contributed by atoms with van der Waals surface area (Å²) in [6.45, 7) is -0.336. The van der Waals surface area contributed by atoms with Crippen molar-refractivity contribution in [3.05, 3.63) is 41.5 Å². The fourth-order valence-corrected chi connectivity index (χ4v) is 1.75. The highest BCUT2D eigenvalue weighted by molar-refractivity contribution is 5.91. The molecule has 0 unspecified atom stereocenters. The monoisotopic (exact) mass is 204 g/mol. The number of benzene rings is 2. The molecule has 78 valence electrons. The number of fused-ring (bicyclic) bond motifs is 1. The Labute approximate surface area is 87.2 Å². The Morgan fingerprint density at radius 2 is 1.47 bits per heavy atom. The van der Waals surface area contributed by atoms with Crippen LogP contribution in [0, 0.1) is 0 Å². The van der Waals surface area contributed by atoms with E-state index in [9.17, 15) is 10.2 Å². The van der Waals surface area contributed by atoms with Gasteiger partial charge in [0.05, 0.1) is 13.2 Å². The van der Waals surface area contributed by atoms with Gasteiger partial charge < -0.3 is 15.3 Å². The molecule has 3 N–H and O–H groups in total. The number of aliphatic hydroxyl groups excluding tert-OH is 2. The highest BCUT2D eigenvalue weighted by Crippen LogP contribution is 2.31. The van der Waals surface area contributed by atoms with E-state index in [0.29, 0.717) is 16.5 Å². The average Bonchev–Trinajstić information content (AvgIpc) is 2.30. The van der Waals surface area contributed by atoms with Crippen LogP contribution in [0.4, 0.5) is 0 Å². The smallest absolute Gasteiger partial charge is 0.128 e. The summed E-state index contributed by atoms with van der Waals surface area (Å²) in [4.78, 5) is 0. The zero-order chi connectivity index (χ0) is 10.8. The molecule has 2 aromatic rings. The van der Waals surface area contributed by atoms with Crippen LogP contribution in [-0.2, 0) is 13.2 Å². The SMILES string of the molecule is OCc1cc(CO)c2ccccc2c1O. The van der Waals surface area contributed by atoms with Crippen LogP contribution in [0.3, 0.4) is 0 Å². The summed E-state index contributed by atoms with van der Waals surface area (Å²) in [5.74, 6) is 0.0882. The first kappa shape index (κ1) is 9.96. The first-order valence-electron chi connectivity index (χ1n) is 4.72. The van der Waals surface area contributed by atoms with E-state index in [2.05, 4.69) is 0 Å². The molecule has 0 atom stereocenters. The Hall–Kier alpha value is -1.58. The Kier molecular flexibility index (Phi) is 2.58. The molecule has 0 fully saturated rings. The highest BCUT2D eigenvalue weighted by Gasteiger charge is 2.09. The number of hydrogen-bond acceptors (Lipinski definition) is 3. The molecular formula is C12H12O3. The summed E-state index contributed by atoms with van der Waals surface area (Å²) in [7, 11) is 0. The van der Waals surface area contributed by atoms with E-state index in [0.717, 1.165) is 5.39 Å². The highest BCUT2D eigenvalue weighted by atomic mass is 16.3. The number of phenols is 1. The van der Waals surface area contributed by atoms with Crippen LogP contribution in [0.15, 0.2) is 30.3 Å². The van der Waals surface area contributed by atoms with Crippen molar-refractivity contribution in [1.29, 1.82) is 0 Å². The lowest BCUT2D eigenvalue weighted by atomic mass is 10.0. The van der Waals surface area contributed by atoms with E-state index >= 15 is 0 Å². The van der Waals surface area contributed by atoms with Crippen LogP contribution in [-0.4, -0.2) is 15.3 Å². The first-order valence-corrected chi connectivity index (χ1v) is 4.72. The largest absolute Gasteiger partial charge is 0.507 e. The molecule has 3 heteroatoms. The van der Waals surface area contributed by atoms with Gasteiger partial charge in [-0.25, -0.2) is 0 Å². The number of aliphatic hydroxyl groups is 2. The van der Waals surface area contributed by atoms with Gasteiger partial charge in [0, 0.05) is 10.9 Å². The summed E-state index contributed by atoms with van der Waals surface area (Å²) in [6.07, 6.45) is 0. The van der Waals surface area contributed by atoms with Crippen molar-refractivity contribution in [2.75, 3.05) is 0 Å². The van der Waals surface area contributed by atoms with Gasteiger partial charge >= 0.3 is 0 Å². The fraction of sp³-hybridized carbons (Fsp3) is 0.167. The predicted molar refractivity (Wildman–Crippen MR) is 57.5 cm³/mol. The lowest BCUT2D eigenvalue weighted by Crippen LogP contribution is -1.92. The number of rotatable bonds is 2. The van der Waals surface area contributed by atoms with Crippen LogP contribution >= 0.6 is 0 Å². The molecule has 3 nitrogen and oxygen atoms in total. The molecule has 2 aromatic carbocycles. The lowest BCUT2D eigenvalue weighted by Gasteiger charge is -2.09. The predicted octanol–water partition coefficient (Wildman–Crippen LogP) is 1.53. The molecule has 0 aliphatic rings. The van der Waals surface area contributed by atoms with Gasteiger partial charge in [0.15, 0.2) is 0 Å². The summed E-state index contributed by atoms with van der Waals surface area (Å²) < 4.78 is 0. The van der Waals surface area contributed by atoms with Crippen LogP contribution in [0.25, 0.3) is 10.8 Å². The zero-order valence-electron chi connectivity index (χ0n) is 8.14. The van der Waals surface area contributed by atoms with Gasteiger partial charge in [-0.2, -0.15) is 0 Å². The molecule has 0 heterocycles. The molecule has 0 aliphatic carbocycles. The molecule has 0 amide bonds. The second-order valence-electron chi connectivity index (χ2n) is 3.41. The van der Waals surface area contributed by atoms with E-state index in [1.165, 1.54) is 0 Å². The average molecular weight is 204 g/mol. The van der Waals surface area contributed by atoms with Crippen molar-refractivity contribution < 1.29 is 15.3 Å². The Bertz CT molecular complexity index is 491. The molecule has 0 aliphatic heterocycles. The third-order valence-electron chi connectivity index (χ3n) is 2.52. The van der Waals surface area contributed by atoms with Gasteiger partial charge in [0.1, 0.15) is 5.75 Å². The molecule has 0 saturated carbocycles. The molecule has 0 radical (unpaired) electrons. The molecular weight excluding hydrogens is 192 g/mol. The quantitative estimate of drug-likeness (QED) is 0.695. The van der Waals surface area contributed by atoms with Gasteiger partial charge in [-0.3, -0.25) is 0 Å². The number of aromatic hydroxyl groups is 1. The minimum absolute atomic E-state index is 0.0882. The van der Waals surface area contributed by atoms with Crippen molar-refractivity contribution in [3.8, 4) is 5.75 Å². The van der Waals surface area contributed by atoms with Crippen molar-refractivity contribution in [3.63, 3.8) is 0 Å². The fourth-order valence-electron chi connectivity index (χ4n) is 1.75. The van der Waals surface area contributed by atoms with Crippen LogP contribution in [0.1, 0.15) is 11.1 Å². The van der Waals surface area contributed by atoms with Crippen LogP contribution in [0.2, 0.25) is 0 Å². The normalized spacial score (nSPS) is 10.8. The Balaban J connectivity index is 2.84. The van der Waals surface area contributed by atoms with Crippen molar-refractivity contribution in [2.24, 2.45) is 0 Å². The summed E-state index contributed by atoms with van der Waals surface area (Å²) >= 11 is 0. The maximum absolute atomic E-state index is 9.83. The summed E-state index contributed by atoms with van der Waals surface area (Å²) in [5.41, 5.74) is 1.16. The maximum Gasteiger partial charge on any atom is 0.128 e. The Morgan fingerprint density at radius 3 is 2.07 bits per heavy atom. The first-order chi connectivity index (χ1) is 7.27. The molecule has 0 saturated heterocycles. The molecule has 0 aromatic heterocycles. The summed E-state index contributed by atoms with van der Waals surface area (Å²) in [6, 6.07) is 8.88. The minimum atomic E-state index is -0.232. The van der Waals surface area contributed by atoms with E-state index in [1.54, 1.807) is 12.1 Å². The summed E-state index contributed by atoms with van der Waals surface area (Å²) in [5, 5.41) is 29.5. The minimum Gasteiger partial charge on any atom is -0.507 e. The molecule has 0 spiro atoms. The van der Waals surface area contributed by atoms with Gasteiger partial charge in [-0.15, -0.1) is 0 Å². The standard InChI is InChI=1S/C12H12O3/c13-6-8-5-9(7-14)12(15)11-4-2-1-3-10(8)11/h1-5,13-15H,6-7H2. The zero-order valence-corrected chi connectivity index (χ0v) is 8.14. The second kappa shape index (κ2) is 3.88. The third kappa shape index (κ3) is 1.56. The van der Waals surface area contributed by atoms with Crippen LogP contribution in [0.5, 0.6) is 5.75 Å². The molecule has 15 heavy (non-hydrogen) atoms. The number of hydrogen-bond donors (Lipinski definition) is 3. The van der Waals surface area contributed by atoms with E-state index in [1.807, 2.05) is 18.2 Å². The van der Waals surface area contributed by atoms with Gasteiger partial charge in [-0.05, 0) is 17.0 Å². The molecule has 2 rings (SSSR count). The second-order valence-corrected chi connectivity index (χ2v) is 3.41. The van der Waals surface area contributed by atoms with Crippen LogP contribution < -0.4 is 0 Å². The van der Waals surface area contributed by atoms with Crippen molar-refractivity contribution in [1.82, 2.24) is 0 Å². The topological polar surface area (TPSA) is 60.7 Å². The van der Waals surface area contributed by atoms with Gasteiger partial charge in [0.25, 0.3) is 0 Å². The Morgan fingerprint density at radius 1 is 0.867 bits per heavy atom. The van der Waals surface area contributed by atoms with Gasteiger partial charge in [-0.1, -0.05) is 24.3 Å². The van der Waals surface area contributed by atoms with Crippen molar-refractivity contribution >= 4 is 10.8 Å². The van der Waals surface area contributed by atoms with E-state index < -0.39 is 0 Å². The van der Waals surface area contributed by atoms with E-state index in [-0.39, 0.29) is 19.0 Å². The lowest BCUT2D eigenvalue weighted by molar-refractivity contribution is 0.272. The van der Waals surface area contributed by atoms with Gasteiger partial charge in [0.2, 0.25) is 0 Å². The maximum atomic E-state index is 9.83. The van der Waals surface area contributed by atoms with E-state index in [4.69, 9.17) is 5.11 Å². The molecule has 0 bridgehead atoms. The van der Waals surface area contributed by atoms with Crippen molar-refractivity contribution in [2.45, 2.75) is 13.2 Å². The third-order valence-corrected chi connectivity index (χ3v) is 2.52.